The zero-order chi connectivity index (χ0) is 15.2. The number of nitrogens with one attached hydrogen (secondary N) is 1. The minimum Gasteiger partial charge on any atom is -0.497 e. The summed E-state index contributed by atoms with van der Waals surface area (Å²) >= 11 is 0. The Balaban J connectivity index is 2.13. The average Bonchev–Trinajstić information content (AvgIpc) is 2.53. The van der Waals surface area contributed by atoms with Crippen molar-refractivity contribution in [2.45, 2.75) is 26.4 Å². The summed E-state index contributed by atoms with van der Waals surface area (Å²) in [5.74, 6) is 1.69. The number of hydrogen-bond donors (Lipinski definition) is 1. The predicted octanol–water partition coefficient (Wildman–Crippen LogP) is 3.26. The van der Waals surface area contributed by atoms with Crippen molar-refractivity contribution in [3.8, 4) is 11.5 Å². The van der Waals surface area contributed by atoms with Gasteiger partial charge in [0.15, 0.2) is 0 Å². The SMILES string of the molecule is COc1ccc(OC)c(C(C)NCc2cnccc2C)c1. The first-order chi connectivity index (χ1) is 10.2. The van der Waals surface area contributed by atoms with Crippen LogP contribution in [0.4, 0.5) is 0 Å². The van der Waals surface area contributed by atoms with Gasteiger partial charge in [-0.3, -0.25) is 4.98 Å². The molecule has 21 heavy (non-hydrogen) atoms. The maximum Gasteiger partial charge on any atom is 0.123 e. The van der Waals surface area contributed by atoms with Crippen LogP contribution < -0.4 is 14.8 Å². The Hall–Kier alpha value is -2.07. The highest BCUT2D eigenvalue weighted by Gasteiger charge is 2.12. The summed E-state index contributed by atoms with van der Waals surface area (Å²) in [4.78, 5) is 4.17. The first kappa shape index (κ1) is 15.3. The van der Waals surface area contributed by atoms with E-state index in [0.29, 0.717) is 0 Å². The number of pyridine rings is 1. The standard InChI is InChI=1S/C17H22N2O2/c1-12-7-8-18-10-14(12)11-19-13(2)16-9-15(20-3)5-6-17(16)21-4/h5-10,13,19H,11H2,1-4H3. The van der Waals surface area contributed by atoms with Crippen LogP contribution in [0.1, 0.15) is 29.7 Å². The third kappa shape index (κ3) is 3.73. The van der Waals surface area contributed by atoms with Crippen LogP contribution in [0, 0.1) is 6.92 Å². The van der Waals surface area contributed by atoms with Crippen molar-refractivity contribution in [3.63, 3.8) is 0 Å². The largest absolute Gasteiger partial charge is 0.497 e. The van der Waals surface area contributed by atoms with E-state index in [0.717, 1.165) is 23.6 Å². The maximum atomic E-state index is 5.43. The number of hydrogen-bond acceptors (Lipinski definition) is 4. The van der Waals surface area contributed by atoms with E-state index in [1.807, 2.05) is 36.7 Å². The molecule has 0 saturated heterocycles. The van der Waals surface area contributed by atoms with Crippen LogP contribution in [0.3, 0.4) is 0 Å². The lowest BCUT2D eigenvalue weighted by Gasteiger charge is -2.18. The van der Waals surface area contributed by atoms with Gasteiger partial charge in [-0.2, -0.15) is 0 Å². The summed E-state index contributed by atoms with van der Waals surface area (Å²) in [6, 6.07) is 8.01. The molecule has 0 fully saturated rings. The van der Waals surface area contributed by atoms with Gasteiger partial charge in [0.05, 0.1) is 14.2 Å². The molecule has 2 aromatic rings. The molecule has 1 N–H and O–H groups in total. The van der Waals surface area contributed by atoms with Crippen molar-refractivity contribution in [1.29, 1.82) is 0 Å². The highest BCUT2D eigenvalue weighted by molar-refractivity contribution is 5.42. The fourth-order valence-corrected chi connectivity index (χ4v) is 2.23. The lowest BCUT2D eigenvalue weighted by molar-refractivity contribution is 0.391. The van der Waals surface area contributed by atoms with E-state index >= 15 is 0 Å². The average molecular weight is 286 g/mol. The summed E-state index contributed by atoms with van der Waals surface area (Å²) in [5, 5.41) is 3.51. The molecule has 0 bridgehead atoms. The van der Waals surface area contributed by atoms with Gasteiger partial charge in [-0.05, 0) is 49.2 Å². The molecule has 1 aromatic heterocycles. The quantitative estimate of drug-likeness (QED) is 0.885. The van der Waals surface area contributed by atoms with Gasteiger partial charge in [-0.15, -0.1) is 0 Å². The molecule has 0 aliphatic carbocycles. The highest BCUT2D eigenvalue weighted by atomic mass is 16.5. The van der Waals surface area contributed by atoms with E-state index in [-0.39, 0.29) is 6.04 Å². The van der Waals surface area contributed by atoms with Crippen LogP contribution in [0.5, 0.6) is 11.5 Å². The number of rotatable bonds is 6. The van der Waals surface area contributed by atoms with E-state index in [9.17, 15) is 0 Å². The minimum atomic E-state index is 0.148. The second kappa shape index (κ2) is 7.09. The number of methoxy groups -OCH3 is 2. The van der Waals surface area contributed by atoms with Crippen LogP contribution in [0.15, 0.2) is 36.7 Å². The van der Waals surface area contributed by atoms with Crippen molar-refractivity contribution < 1.29 is 9.47 Å². The first-order valence-corrected chi connectivity index (χ1v) is 7.00. The van der Waals surface area contributed by atoms with Crippen molar-refractivity contribution in [2.24, 2.45) is 0 Å². The van der Waals surface area contributed by atoms with Crippen LogP contribution in [-0.4, -0.2) is 19.2 Å². The lowest BCUT2D eigenvalue weighted by Crippen LogP contribution is -2.19. The van der Waals surface area contributed by atoms with E-state index in [2.05, 4.69) is 24.1 Å². The molecule has 1 atom stereocenters. The Kier molecular flexibility index (Phi) is 5.17. The normalized spacial score (nSPS) is 12.0. The minimum absolute atomic E-state index is 0.148. The molecule has 1 heterocycles. The lowest BCUT2D eigenvalue weighted by atomic mass is 10.1. The zero-order valence-electron chi connectivity index (χ0n) is 13.0. The topological polar surface area (TPSA) is 43.4 Å². The Morgan fingerprint density at radius 3 is 2.67 bits per heavy atom. The molecule has 0 aliphatic heterocycles. The number of aryl methyl sites for hydroxylation is 1. The van der Waals surface area contributed by atoms with E-state index in [4.69, 9.17) is 9.47 Å². The Morgan fingerprint density at radius 2 is 2.00 bits per heavy atom. The number of benzene rings is 1. The molecule has 112 valence electrons. The molecule has 4 nitrogen and oxygen atoms in total. The number of ether oxygens (including phenoxy) is 2. The van der Waals surface area contributed by atoms with Crippen LogP contribution in [0.2, 0.25) is 0 Å². The third-order valence-corrected chi connectivity index (χ3v) is 3.65. The fourth-order valence-electron chi connectivity index (χ4n) is 2.23. The van der Waals surface area contributed by atoms with Gasteiger partial charge >= 0.3 is 0 Å². The van der Waals surface area contributed by atoms with Crippen molar-refractivity contribution >= 4 is 0 Å². The summed E-state index contributed by atoms with van der Waals surface area (Å²) < 4.78 is 10.7. The summed E-state index contributed by atoms with van der Waals surface area (Å²) in [7, 11) is 3.35. The molecule has 0 radical (unpaired) electrons. The second-order valence-corrected chi connectivity index (χ2v) is 5.01. The van der Waals surface area contributed by atoms with Crippen LogP contribution in [-0.2, 0) is 6.54 Å². The summed E-state index contributed by atoms with van der Waals surface area (Å²) in [6.45, 7) is 4.97. The molecule has 4 heteroatoms. The monoisotopic (exact) mass is 286 g/mol. The van der Waals surface area contributed by atoms with Gasteiger partial charge < -0.3 is 14.8 Å². The molecule has 0 saturated carbocycles. The Morgan fingerprint density at radius 1 is 1.19 bits per heavy atom. The molecule has 1 unspecified atom stereocenters. The fraction of sp³-hybridized carbons (Fsp3) is 0.353. The predicted molar refractivity (Wildman–Crippen MR) is 83.8 cm³/mol. The van der Waals surface area contributed by atoms with Crippen molar-refractivity contribution in [3.05, 3.63) is 53.3 Å². The molecule has 0 aliphatic rings. The Labute approximate surface area is 126 Å². The molecular weight excluding hydrogens is 264 g/mol. The van der Waals surface area contributed by atoms with Crippen molar-refractivity contribution in [1.82, 2.24) is 10.3 Å². The van der Waals surface area contributed by atoms with Gasteiger partial charge in [-0.1, -0.05) is 0 Å². The molecule has 0 amide bonds. The second-order valence-electron chi connectivity index (χ2n) is 5.01. The summed E-state index contributed by atoms with van der Waals surface area (Å²) in [5.41, 5.74) is 3.52. The maximum absolute atomic E-state index is 5.43. The molecular formula is C17H22N2O2. The first-order valence-electron chi connectivity index (χ1n) is 7.00. The molecule has 2 rings (SSSR count). The van der Waals surface area contributed by atoms with Gasteiger partial charge in [0, 0.05) is 30.5 Å². The Bertz CT molecular complexity index is 599. The summed E-state index contributed by atoms with van der Waals surface area (Å²) in [6.07, 6.45) is 3.71. The van der Waals surface area contributed by atoms with Gasteiger partial charge in [0.1, 0.15) is 11.5 Å². The molecule has 0 spiro atoms. The zero-order valence-corrected chi connectivity index (χ0v) is 13.0. The van der Waals surface area contributed by atoms with Gasteiger partial charge in [-0.25, -0.2) is 0 Å². The number of aromatic nitrogens is 1. The highest BCUT2D eigenvalue weighted by Crippen LogP contribution is 2.29. The van der Waals surface area contributed by atoms with Crippen LogP contribution >= 0.6 is 0 Å². The number of nitrogens with zero attached hydrogens (tertiary/aromatic N) is 1. The van der Waals surface area contributed by atoms with Crippen molar-refractivity contribution in [2.75, 3.05) is 14.2 Å². The third-order valence-electron chi connectivity index (χ3n) is 3.65. The van der Waals surface area contributed by atoms with Crippen LogP contribution in [0.25, 0.3) is 0 Å². The van der Waals surface area contributed by atoms with E-state index in [1.165, 1.54) is 11.1 Å². The molecule has 1 aromatic carbocycles. The van der Waals surface area contributed by atoms with E-state index < -0.39 is 0 Å². The van der Waals surface area contributed by atoms with E-state index in [1.54, 1.807) is 14.2 Å². The van der Waals surface area contributed by atoms with Gasteiger partial charge in [0.2, 0.25) is 0 Å². The smallest absolute Gasteiger partial charge is 0.123 e. The van der Waals surface area contributed by atoms with Gasteiger partial charge in [0.25, 0.3) is 0 Å².